The maximum Gasteiger partial charge on any atom is 0.0997 e. The molecule has 0 aromatic heterocycles. The number of rotatable bonds is 0. The van der Waals surface area contributed by atoms with Crippen LogP contribution in [0.1, 0.15) is 223 Å². The van der Waals surface area contributed by atoms with E-state index in [-0.39, 0.29) is 0 Å². The average Bonchev–Trinajstić information content (AvgIpc) is 1.85. The van der Waals surface area contributed by atoms with Gasteiger partial charge in [0, 0.05) is 0 Å². The molecule has 4 aliphatic rings. The predicted octanol–water partition coefficient (Wildman–Crippen LogP) is 21.2. The Bertz CT molecular complexity index is 4400. The molecule has 0 fully saturated rings. The van der Waals surface area contributed by atoms with Crippen molar-refractivity contribution in [3.63, 3.8) is 0 Å². The lowest BCUT2D eigenvalue weighted by Crippen LogP contribution is -2.00. The molecule has 8 aromatic rings. The second-order valence-electron chi connectivity index (χ2n) is 27.0. The molecular weight excluding hydrogens is 1060 g/mol. The Kier molecular flexibility index (Phi) is 16.8. The first-order valence-electron chi connectivity index (χ1n) is 31.7. The van der Waals surface area contributed by atoms with Crippen molar-refractivity contribution < 1.29 is 0 Å². The van der Waals surface area contributed by atoms with Gasteiger partial charge in [-0.25, -0.2) is 0 Å². The molecule has 0 atom stereocenters. The van der Waals surface area contributed by atoms with Gasteiger partial charge in [-0.3, -0.25) is 0 Å². The minimum atomic E-state index is 0.783. The molecule has 0 saturated heterocycles. The van der Waals surface area contributed by atoms with Crippen LogP contribution in [0.2, 0.25) is 0 Å². The van der Waals surface area contributed by atoms with Gasteiger partial charge in [-0.15, -0.1) is 0 Å². The first-order chi connectivity index (χ1) is 41.2. The second kappa shape index (κ2) is 23.0. The summed E-state index contributed by atoms with van der Waals surface area (Å²) in [6, 6.07) is 9.60. The molecule has 12 rings (SSSR count). The smallest absolute Gasteiger partial charge is 0.0997 e. The van der Waals surface area contributed by atoms with Crippen molar-refractivity contribution in [3.05, 3.63) is 223 Å². The van der Waals surface area contributed by atoms with Gasteiger partial charge in [-0.2, -0.15) is 21.0 Å². The fraction of sp³-hybridized carbons (Fsp3) is 0.381. The molecule has 8 aromatic carbocycles. The molecule has 0 bridgehead atoms. The molecule has 88 heavy (non-hydrogen) atoms. The first-order valence-corrected chi connectivity index (χ1v) is 31.7. The molecule has 0 saturated carbocycles. The Hall–Kier alpha value is -8.28. The van der Waals surface area contributed by atoms with E-state index in [1.807, 2.05) is 27.7 Å². The van der Waals surface area contributed by atoms with Gasteiger partial charge >= 0.3 is 0 Å². The van der Waals surface area contributed by atoms with Gasteiger partial charge < -0.3 is 0 Å². The van der Waals surface area contributed by atoms with Gasteiger partial charge in [-0.1, -0.05) is 0 Å². The summed E-state index contributed by atoms with van der Waals surface area (Å²) in [5, 5.41) is 38.3. The summed E-state index contributed by atoms with van der Waals surface area (Å²) in [4.78, 5) is 0. The molecular formula is C84H92N4. The second-order valence-corrected chi connectivity index (χ2v) is 27.0. The molecule has 4 aliphatic carbocycles. The van der Waals surface area contributed by atoms with E-state index >= 15 is 0 Å². The van der Waals surface area contributed by atoms with E-state index < -0.39 is 0 Å². The van der Waals surface area contributed by atoms with Crippen molar-refractivity contribution in [2.75, 3.05) is 0 Å². The molecule has 4 nitrogen and oxygen atoms in total. The lowest BCUT2D eigenvalue weighted by atomic mass is 9.85. The first kappa shape index (κ1) is 64.2. The Labute approximate surface area is 529 Å². The van der Waals surface area contributed by atoms with Gasteiger partial charge in [0.25, 0.3) is 0 Å². The number of nitriles is 4. The van der Waals surface area contributed by atoms with E-state index in [9.17, 15) is 21.0 Å². The van der Waals surface area contributed by atoms with Gasteiger partial charge in [0.05, 0.1) is 46.5 Å². The molecule has 0 N–H and O–H groups in total. The molecule has 0 amide bonds. The standard InChI is InChI=1S/C21H20N2.2C21H23N.C21H26/c1-10-12(3)18(8-22)14(5)20-16(10)7-17-11(2)13(4)19(9-23)15(6)21(17)20;2*1-10-11(2)15(6)20-17(12(10)3)8-18-13(4)14(5)19(9-22)16(7)21(18)20;1-10-12(3)16(7)20-18(14(10)5)9-19-15(6)11(2)13(4)17(8)21(19)20/h7H2,1-6H3;2*8H2,1-7H3;9H2,1-8H3. The SMILES string of the molecule is Cc1c(C)c(C)c2c(c1C)Cc1c(C)c(C)c(C#N)c(C)c1-2.Cc1c(C)c(C)c2c(c1C)Cc1c(C)c(C)c(C#N)c(C)c1-2.Cc1c(C)c(C)c2c(c1C)Cc1c(C)c(C)c(C)c(C)c1-2.Cc1c(C)c2c(c(C)c1C#N)-c1c(C)c(C#N)c(C)c(C)c1C2. The van der Waals surface area contributed by atoms with E-state index in [0.29, 0.717) is 0 Å². The summed E-state index contributed by atoms with van der Waals surface area (Å²) in [5.74, 6) is 0. The van der Waals surface area contributed by atoms with Crippen LogP contribution in [0.5, 0.6) is 0 Å². The molecule has 448 valence electrons. The van der Waals surface area contributed by atoms with Gasteiger partial charge in [0.1, 0.15) is 0 Å². The summed E-state index contributed by atoms with van der Waals surface area (Å²) in [5.41, 5.74) is 62.8. The Morgan fingerprint density at radius 3 is 0.398 bits per heavy atom. The third-order valence-corrected chi connectivity index (χ3v) is 23.9. The van der Waals surface area contributed by atoms with Crippen molar-refractivity contribution in [1.82, 2.24) is 0 Å². The predicted molar refractivity (Wildman–Crippen MR) is 370 cm³/mol. The van der Waals surface area contributed by atoms with Crippen molar-refractivity contribution in [3.8, 4) is 68.8 Å². The van der Waals surface area contributed by atoms with Crippen LogP contribution in [0.4, 0.5) is 0 Å². The zero-order valence-corrected chi connectivity index (χ0v) is 58.6. The third-order valence-electron chi connectivity index (χ3n) is 23.9. The quantitative estimate of drug-likeness (QED) is 0.151. The molecule has 0 radical (unpaired) electrons. The summed E-state index contributed by atoms with van der Waals surface area (Å²) < 4.78 is 0. The van der Waals surface area contributed by atoms with E-state index in [0.717, 1.165) is 92.4 Å². The third kappa shape index (κ3) is 9.14. The highest BCUT2D eigenvalue weighted by molar-refractivity contribution is 5.91. The number of hydrogen-bond acceptors (Lipinski definition) is 4. The van der Waals surface area contributed by atoms with Gasteiger partial charge in [0.15, 0.2) is 0 Å². The average molecular weight is 1160 g/mol. The molecule has 0 heterocycles. The Balaban J connectivity index is 0.000000140. The Morgan fingerprint density at radius 2 is 0.261 bits per heavy atom. The minimum Gasteiger partial charge on any atom is -0.192 e. The van der Waals surface area contributed by atoms with Crippen molar-refractivity contribution in [2.45, 2.75) is 220 Å². The summed E-state index contributed by atoms with van der Waals surface area (Å²) in [7, 11) is 0. The van der Waals surface area contributed by atoms with Gasteiger partial charge in [0.2, 0.25) is 0 Å². The fourth-order valence-electron chi connectivity index (χ4n) is 16.3. The van der Waals surface area contributed by atoms with E-state index in [4.69, 9.17) is 0 Å². The zero-order chi connectivity index (χ0) is 65.4. The van der Waals surface area contributed by atoms with Crippen LogP contribution in [0.3, 0.4) is 0 Å². The highest BCUT2D eigenvalue weighted by Crippen LogP contribution is 2.52. The van der Waals surface area contributed by atoms with Crippen molar-refractivity contribution in [1.29, 1.82) is 21.0 Å². The summed E-state index contributed by atoms with van der Waals surface area (Å²) in [6.45, 7) is 61.3. The van der Waals surface area contributed by atoms with Crippen LogP contribution in [0.25, 0.3) is 44.5 Å². The summed E-state index contributed by atoms with van der Waals surface area (Å²) >= 11 is 0. The lowest BCUT2D eigenvalue weighted by Gasteiger charge is -2.19. The largest absolute Gasteiger partial charge is 0.192 e. The monoisotopic (exact) mass is 1160 g/mol. The zero-order valence-electron chi connectivity index (χ0n) is 58.6. The molecule has 0 unspecified atom stereocenters. The molecule has 0 spiro atoms. The van der Waals surface area contributed by atoms with E-state index in [1.54, 1.807) is 11.1 Å². The maximum atomic E-state index is 9.58. The van der Waals surface area contributed by atoms with E-state index in [1.165, 1.54) is 189 Å². The van der Waals surface area contributed by atoms with Crippen molar-refractivity contribution >= 4 is 0 Å². The summed E-state index contributed by atoms with van der Waals surface area (Å²) in [6.07, 6.45) is 4.05. The van der Waals surface area contributed by atoms with Crippen LogP contribution in [0.15, 0.2) is 0 Å². The van der Waals surface area contributed by atoms with Crippen LogP contribution in [0, 0.1) is 239 Å². The molecule has 0 aliphatic heterocycles. The van der Waals surface area contributed by atoms with Gasteiger partial charge in [-0.05, 0) is 464 Å². The van der Waals surface area contributed by atoms with E-state index in [2.05, 4.69) is 190 Å². The number of hydrogen-bond donors (Lipinski definition) is 0. The van der Waals surface area contributed by atoms with Crippen LogP contribution in [-0.4, -0.2) is 0 Å². The van der Waals surface area contributed by atoms with Crippen molar-refractivity contribution in [2.24, 2.45) is 0 Å². The Morgan fingerprint density at radius 1 is 0.148 bits per heavy atom. The number of nitrogens with zero attached hydrogens (tertiary/aromatic N) is 4. The maximum absolute atomic E-state index is 9.58. The minimum absolute atomic E-state index is 0.783. The van der Waals surface area contributed by atoms with Crippen LogP contribution < -0.4 is 0 Å². The van der Waals surface area contributed by atoms with Crippen LogP contribution in [-0.2, 0) is 25.7 Å². The number of fused-ring (bicyclic) bond motifs is 12. The lowest BCUT2D eigenvalue weighted by molar-refractivity contribution is 1.12. The topological polar surface area (TPSA) is 95.2 Å². The number of benzene rings is 8. The molecule has 4 heteroatoms. The highest BCUT2D eigenvalue weighted by atomic mass is 14.4. The fourth-order valence-corrected chi connectivity index (χ4v) is 16.3. The van der Waals surface area contributed by atoms with Crippen LogP contribution >= 0.6 is 0 Å². The normalized spacial score (nSPS) is 12.1. The highest BCUT2D eigenvalue weighted by Gasteiger charge is 2.34.